The van der Waals surface area contributed by atoms with Crippen LogP contribution in [0.5, 0.6) is 0 Å². The average molecular weight is 306 g/mol. The molecule has 0 bridgehead atoms. The molecule has 120 valence electrons. The van der Waals surface area contributed by atoms with Crippen molar-refractivity contribution in [2.24, 2.45) is 5.92 Å². The molecule has 0 aromatic carbocycles. The van der Waals surface area contributed by atoms with Gasteiger partial charge in [0.05, 0.1) is 5.92 Å². The highest BCUT2D eigenvalue weighted by Gasteiger charge is 2.31. The standard InChI is InChI=1S/C16H22N2O4/c1-4-12-13(10(3)19)9(2)17-14(12)15(20)18-7-5-6-11(8-18)16(21)22/h11,17H,4-8H2,1-3H3,(H,21,22). The number of nitrogens with zero attached hydrogens (tertiary/aromatic N) is 1. The molecule has 6 nitrogen and oxygen atoms in total. The number of nitrogens with one attached hydrogen (secondary N) is 1. The SMILES string of the molecule is CCc1c(C(=O)N2CCCC(C(=O)O)C2)[nH]c(C)c1C(C)=O. The molecule has 2 heterocycles. The van der Waals surface area contributed by atoms with Gasteiger partial charge in [-0.05, 0) is 38.7 Å². The molecule has 1 aromatic rings. The summed E-state index contributed by atoms with van der Waals surface area (Å²) in [6.45, 7) is 5.96. The normalized spacial score (nSPS) is 18.3. The Bertz CT molecular complexity index is 618. The predicted octanol–water partition coefficient (Wildman–Crippen LogP) is 2.02. The fourth-order valence-electron chi connectivity index (χ4n) is 3.21. The molecule has 0 saturated carbocycles. The Morgan fingerprint density at radius 2 is 2.05 bits per heavy atom. The molecule has 1 aromatic heterocycles. The van der Waals surface area contributed by atoms with E-state index in [2.05, 4.69) is 4.98 Å². The van der Waals surface area contributed by atoms with Crippen LogP contribution in [0.25, 0.3) is 0 Å². The summed E-state index contributed by atoms with van der Waals surface area (Å²) in [5, 5.41) is 9.14. The van der Waals surface area contributed by atoms with Crippen molar-refractivity contribution < 1.29 is 19.5 Å². The third kappa shape index (κ3) is 2.91. The van der Waals surface area contributed by atoms with Crippen LogP contribution in [0.1, 0.15) is 58.8 Å². The number of rotatable bonds is 4. The Labute approximate surface area is 129 Å². The van der Waals surface area contributed by atoms with Gasteiger partial charge in [0.2, 0.25) is 0 Å². The highest BCUT2D eigenvalue weighted by Crippen LogP contribution is 2.24. The average Bonchev–Trinajstić information content (AvgIpc) is 2.83. The van der Waals surface area contributed by atoms with Gasteiger partial charge in [0, 0.05) is 24.3 Å². The maximum Gasteiger partial charge on any atom is 0.308 e. The number of carbonyl (C=O) groups is 3. The number of likely N-dealkylation sites (tertiary alicyclic amines) is 1. The number of carboxylic acid groups (broad SMARTS) is 1. The van der Waals surface area contributed by atoms with Gasteiger partial charge in [-0.15, -0.1) is 0 Å². The van der Waals surface area contributed by atoms with Crippen molar-refractivity contribution in [1.29, 1.82) is 0 Å². The monoisotopic (exact) mass is 306 g/mol. The van der Waals surface area contributed by atoms with E-state index >= 15 is 0 Å². The minimum atomic E-state index is -0.861. The molecule has 1 unspecified atom stereocenters. The molecule has 1 atom stereocenters. The Kier molecular flexibility index (Phi) is 4.68. The van der Waals surface area contributed by atoms with E-state index in [0.29, 0.717) is 42.8 Å². The number of aromatic nitrogens is 1. The fraction of sp³-hybridized carbons (Fsp3) is 0.562. The molecule has 0 aliphatic carbocycles. The van der Waals surface area contributed by atoms with Crippen LogP contribution < -0.4 is 0 Å². The maximum atomic E-state index is 12.7. The van der Waals surface area contributed by atoms with Gasteiger partial charge in [0.25, 0.3) is 5.91 Å². The number of aliphatic carboxylic acids is 1. The lowest BCUT2D eigenvalue weighted by Crippen LogP contribution is -2.42. The van der Waals surface area contributed by atoms with Gasteiger partial charge >= 0.3 is 5.97 Å². The van der Waals surface area contributed by atoms with E-state index in [-0.39, 0.29) is 18.2 Å². The second-order valence-corrected chi connectivity index (χ2v) is 5.82. The highest BCUT2D eigenvalue weighted by molar-refractivity contribution is 6.02. The van der Waals surface area contributed by atoms with Crippen molar-refractivity contribution in [3.8, 4) is 0 Å². The third-order valence-corrected chi connectivity index (χ3v) is 4.27. The van der Waals surface area contributed by atoms with Crippen LogP contribution in [0.2, 0.25) is 0 Å². The second kappa shape index (κ2) is 6.34. The first-order valence-corrected chi connectivity index (χ1v) is 7.61. The number of hydrogen-bond acceptors (Lipinski definition) is 3. The van der Waals surface area contributed by atoms with Crippen molar-refractivity contribution in [3.05, 3.63) is 22.5 Å². The number of carboxylic acids is 1. The molecule has 2 rings (SSSR count). The number of amides is 1. The summed E-state index contributed by atoms with van der Waals surface area (Å²) < 4.78 is 0. The molecule has 6 heteroatoms. The van der Waals surface area contributed by atoms with Crippen LogP contribution in [0.4, 0.5) is 0 Å². The lowest BCUT2D eigenvalue weighted by atomic mass is 9.97. The van der Waals surface area contributed by atoms with Crippen molar-refractivity contribution in [1.82, 2.24) is 9.88 Å². The molecule has 22 heavy (non-hydrogen) atoms. The van der Waals surface area contributed by atoms with Crippen LogP contribution in [-0.4, -0.2) is 45.7 Å². The summed E-state index contributed by atoms with van der Waals surface area (Å²) in [5.74, 6) is -1.64. The molecular formula is C16H22N2O4. The lowest BCUT2D eigenvalue weighted by Gasteiger charge is -2.30. The van der Waals surface area contributed by atoms with E-state index in [4.69, 9.17) is 5.11 Å². The van der Waals surface area contributed by atoms with E-state index in [1.165, 1.54) is 6.92 Å². The molecule has 1 aliphatic heterocycles. The zero-order chi connectivity index (χ0) is 16.4. The number of Topliss-reactive ketones (excluding diaryl/α,β-unsaturated/α-hetero) is 1. The van der Waals surface area contributed by atoms with Crippen LogP contribution in [0.3, 0.4) is 0 Å². The maximum absolute atomic E-state index is 12.7. The van der Waals surface area contributed by atoms with Crippen molar-refractivity contribution in [2.75, 3.05) is 13.1 Å². The van der Waals surface area contributed by atoms with Crippen molar-refractivity contribution >= 4 is 17.7 Å². The quantitative estimate of drug-likeness (QED) is 0.833. The first-order chi connectivity index (χ1) is 10.4. The molecule has 0 radical (unpaired) electrons. The zero-order valence-electron chi connectivity index (χ0n) is 13.2. The number of H-pyrrole nitrogens is 1. The molecule has 2 N–H and O–H groups in total. The van der Waals surface area contributed by atoms with E-state index in [1.807, 2.05) is 6.92 Å². The Morgan fingerprint density at radius 3 is 2.59 bits per heavy atom. The number of hydrogen-bond donors (Lipinski definition) is 2. The molecule has 1 fully saturated rings. The summed E-state index contributed by atoms with van der Waals surface area (Å²) in [4.78, 5) is 40.2. The van der Waals surface area contributed by atoms with Crippen LogP contribution >= 0.6 is 0 Å². The number of carbonyl (C=O) groups excluding carboxylic acids is 2. The number of aryl methyl sites for hydroxylation is 1. The topological polar surface area (TPSA) is 90.5 Å². The third-order valence-electron chi connectivity index (χ3n) is 4.27. The van der Waals surface area contributed by atoms with Crippen LogP contribution in [-0.2, 0) is 11.2 Å². The molecule has 1 aliphatic rings. The first-order valence-electron chi connectivity index (χ1n) is 7.61. The molecule has 1 amide bonds. The number of aromatic amines is 1. The number of piperidine rings is 1. The van der Waals surface area contributed by atoms with Gasteiger partial charge in [-0.25, -0.2) is 0 Å². The van der Waals surface area contributed by atoms with Gasteiger partial charge in [-0.2, -0.15) is 0 Å². The molecule has 1 saturated heterocycles. The second-order valence-electron chi connectivity index (χ2n) is 5.82. The van der Waals surface area contributed by atoms with Gasteiger partial charge in [-0.1, -0.05) is 6.92 Å². The first kappa shape index (κ1) is 16.3. The fourth-order valence-corrected chi connectivity index (χ4v) is 3.21. The van der Waals surface area contributed by atoms with Gasteiger partial charge in [-0.3, -0.25) is 14.4 Å². The van der Waals surface area contributed by atoms with Gasteiger partial charge in [0.1, 0.15) is 5.69 Å². The molecule has 0 spiro atoms. The smallest absolute Gasteiger partial charge is 0.308 e. The van der Waals surface area contributed by atoms with Crippen LogP contribution in [0, 0.1) is 12.8 Å². The summed E-state index contributed by atoms with van der Waals surface area (Å²) in [5.41, 5.74) is 2.43. The minimum absolute atomic E-state index is 0.0632. The Hall–Kier alpha value is -2.11. The zero-order valence-corrected chi connectivity index (χ0v) is 13.2. The Balaban J connectivity index is 2.31. The highest BCUT2D eigenvalue weighted by atomic mass is 16.4. The summed E-state index contributed by atoms with van der Waals surface area (Å²) in [7, 11) is 0. The predicted molar refractivity (Wildman–Crippen MR) is 81.2 cm³/mol. The minimum Gasteiger partial charge on any atom is -0.481 e. The van der Waals surface area contributed by atoms with E-state index < -0.39 is 11.9 Å². The van der Waals surface area contributed by atoms with E-state index in [0.717, 1.165) is 5.56 Å². The summed E-state index contributed by atoms with van der Waals surface area (Å²) in [6.07, 6.45) is 1.86. The molecular weight excluding hydrogens is 284 g/mol. The summed E-state index contributed by atoms with van der Waals surface area (Å²) >= 11 is 0. The van der Waals surface area contributed by atoms with Gasteiger partial charge in [0.15, 0.2) is 5.78 Å². The van der Waals surface area contributed by atoms with E-state index in [9.17, 15) is 14.4 Å². The number of ketones is 1. The van der Waals surface area contributed by atoms with Crippen molar-refractivity contribution in [3.63, 3.8) is 0 Å². The van der Waals surface area contributed by atoms with E-state index in [1.54, 1.807) is 11.8 Å². The van der Waals surface area contributed by atoms with Crippen molar-refractivity contribution in [2.45, 2.75) is 40.0 Å². The summed E-state index contributed by atoms with van der Waals surface area (Å²) in [6, 6.07) is 0. The lowest BCUT2D eigenvalue weighted by molar-refractivity contribution is -0.143. The largest absolute Gasteiger partial charge is 0.481 e. The van der Waals surface area contributed by atoms with Crippen LogP contribution in [0.15, 0.2) is 0 Å². The Morgan fingerprint density at radius 1 is 1.36 bits per heavy atom. The van der Waals surface area contributed by atoms with Gasteiger partial charge < -0.3 is 15.0 Å².